The highest BCUT2D eigenvalue weighted by Gasteiger charge is 2.37. The first kappa shape index (κ1) is 56.4. The molecule has 5 rings (SSSR count). The third kappa shape index (κ3) is 16.8. The van der Waals surface area contributed by atoms with Crippen LogP contribution in [0.3, 0.4) is 0 Å². The van der Waals surface area contributed by atoms with Crippen molar-refractivity contribution in [3.05, 3.63) is 108 Å². The Kier molecular flexibility index (Phi) is 21.9. The van der Waals surface area contributed by atoms with Gasteiger partial charge in [0.05, 0.1) is 18.2 Å². The number of para-hydroxylation sites is 1. The van der Waals surface area contributed by atoms with E-state index in [-0.39, 0.29) is 43.7 Å². The molecule has 8 amide bonds. The van der Waals surface area contributed by atoms with Crippen molar-refractivity contribution in [1.29, 1.82) is 0 Å². The molecule has 1 aromatic heterocycles. The van der Waals surface area contributed by atoms with Crippen molar-refractivity contribution in [1.82, 2.24) is 42.2 Å². The van der Waals surface area contributed by atoms with Crippen LogP contribution in [0.4, 0.5) is 0 Å². The fourth-order valence-corrected chi connectivity index (χ4v) is 10.1. The van der Waals surface area contributed by atoms with Crippen molar-refractivity contribution in [3.63, 3.8) is 0 Å². The Bertz CT molecular complexity index is 2480. The molecule has 4 aromatic rings. The summed E-state index contributed by atoms with van der Waals surface area (Å²) >= 11 is 0. The SMILES string of the molecule is C[C@@H](O)C1NC(=O)[C@H](CCCCN)NC(=O)[C@@H](Cc2c[nH]c3ccccc23)NC(=O)C(Cc2ccccc2)NC(=O)[C@@H](NC(=O)[C@H](N)Cc2ccccc2)CSSCC(C(=O)N[C@@H](C(N)=O)[C@@H](C)O)NC1=O. The maximum absolute atomic E-state index is 14.7. The number of H-pyrrole nitrogens is 1. The summed E-state index contributed by atoms with van der Waals surface area (Å²) in [5.41, 5.74) is 20.4. The van der Waals surface area contributed by atoms with E-state index in [0.717, 1.165) is 38.1 Å². The summed E-state index contributed by atoms with van der Waals surface area (Å²) < 4.78 is 0. The number of fused-ring (bicyclic) bond motifs is 1. The van der Waals surface area contributed by atoms with Crippen LogP contribution in [0, 0.1) is 0 Å². The van der Waals surface area contributed by atoms with Crippen molar-refractivity contribution < 1.29 is 48.6 Å². The maximum atomic E-state index is 14.7. The molecule has 23 heteroatoms. The molecule has 0 spiro atoms. The Morgan fingerprint density at radius 1 is 0.708 bits per heavy atom. The number of unbranched alkanes of at least 4 members (excludes halogenated alkanes) is 1. The van der Waals surface area contributed by atoms with Crippen molar-refractivity contribution in [2.75, 3.05) is 18.1 Å². The number of benzene rings is 3. The molecule has 3 aromatic carbocycles. The number of aromatic amines is 1. The number of aromatic nitrogens is 1. The highest BCUT2D eigenvalue weighted by molar-refractivity contribution is 8.76. The van der Waals surface area contributed by atoms with Gasteiger partial charge in [0.25, 0.3) is 0 Å². The van der Waals surface area contributed by atoms with Crippen LogP contribution in [0.25, 0.3) is 10.9 Å². The number of carbonyl (C=O) groups excluding carboxylic acids is 8. The van der Waals surface area contributed by atoms with Gasteiger partial charge in [-0.3, -0.25) is 38.4 Å². The van der Waals surface area contributed by atoms with Crippen LogP contribution in [-0.4, -0.2) is 141 Å². The lowest BCUT2D eigenvalue weighted by Crippen LogP contribution is -2.62. The lowest BCUT2D eigenvalue weighted by molar-refractivity contribution is -0.137. The van der Waals surface area contributed by atoms with Gasteiger partial charge in [0, 0.05) is 41.4 Å². The number of nitrogens with one attached hydrogen (secondary N) is 8. The number of aliphatic hydroxyl groups is 2. The molecule has 1 fully saturated rings. The number of hydrogen-bond acceptors (Lipinski definition) is 14. The van der Waals surface area contributed by atoms with E-state index < -0.39 is 108 Å². The first-order valence-corrected chi connectivity index (χ1v) is 26.0. The van der Waals surface area contributed by atoms with E-state index >= 15 is 0 Å². The van der Waals surface area contributed by atoms with E-state index in [1.807, 2.05) is 30.3 Å². The van der Waals surface area contributed by atoms with E-state index in [1.54, 1.807) is 60.8 Å². The molecule has 21 nitrogen and oxygen atoms in total. The van der Waals surface area contributed by atoms with Gasteiger partial charge in [-0.25, -0.2) is 0 Å². The van der Waals surface area contributed by atoms with Crippen molar-refractivity contribution >= 4 is 79.7 Å². The minimum atomic E-state index is -1.71. The average Bonchev–Trinajstić information content (AvgIpc) is 3.76. The highest BCUT2D eigenvalue weighted by Crippen LogP contribution is 2.24. The molecule has 2 heterocycles. The molecule has 388 valence electrons. The Morgan fingerprint density at radius 2 is 1.29 bits per heavy atom. The summed E-state index contributed by atoms with van der Waals surface area (Å²) in [6.07, 6.45) is -0.557. The number of rotatable bonds is 17. The third-order valence-electron chi connectivity index (χ3n) is 11.8. The van der Waals surface area contributed by atoms with Gasteiger partial charge >= 0.3 is 0 Å². The highest BCUT2D eigenvalue weighted by atomic mass is 33.1. The summed E-state index contributed by atoms with van der Waals surface area (Å²) in [5, 5.41) is 40.3. The lowest BCUT2D eigenvalue weighted by Gasteiger charge is -2.29. The number of nitrogens with two attached hydrogens (primary N) is 3. The van der Waals surface area contributed by atoms with Crippen LogP contribution in [-0.2, 0) is 57.6 Å². The number of primary amides is 1. The van der Waals surface area contributed by atoms with Crippen LogP contribution < -0.4 is 54.4 Å². The molecule has 72 heavy (non-hydrogen) atoms. The molecule has 10 atom stereocenters. The van der Waals surface area contributed by atoms with Crippen LogP contribution in [0.2, 0.25) is 0 Å². The van der Waals surface area contributed by atoms with Gasteiger partial charge in [-0.15, -0.1) is 0 Å². The average molecular weight is 1030 g/mol. The molecule has 1 saturated heterocycles. The van der Waals surface area contributed by atoms with Gasteiger partial charge in [-0.2, -0.15) is 0 Å². The predicted octanol–water partition coefficient (Wildman–Crippen LogP) is -1.31. The quantitative estimate of drug-likeness (QED) is 0.0432. The molecule has 0 saturated carbocycles. The minimum Gasteiger partial charge on any atom is -0.391 e. The second kappa shape index (κ2) is 27.9. The van der Waals surface area contributed by atoms with E-state index in [0.29, 0.717) is 24.0 Å². The molecule has 0 bridgehead atoms. The zero-order valence-electron chi connectivity index (χ0n) is 40.0. The van der Waals surface area contributed by atoms with E-state index in [4.69, 9.17) is 17.2 Å². The molecule has 0 aliphatic carbocycles. The smallest absolute Gasteiger partial charge is 0.245 e. The Balaban J connectivity index is 1.57. The standard InChI is InChI=1S/C49H65N11O10S2/c1-27(61)40(42(52)63)59-48(69)39-26-72-71-25-38(57-43(64)33(51)21-29-13-5-3-6-14-29)47(68)55-36(22-30-15-7-4-8-16-30)45(66)56-37(23-31-24-53-34-18-10-9-17-32(31)34)46(67)54-35(19-11-12-20-50)44(65)60-41(28(2)62)49(70)58-39/h3-10,13-18,24,27-28,33,35-41,53,61-62H,11-12,19-23,25-26,50-51H2,1-2H3,(H2,52,63)(H,54,67)(H,55,68)(H,56,66)(H,57,64)(H,58,70)(H,59,69)(H,60,65)/t27-,28-,33-,35+,36?,37-,38+,39?,40-,41?/m1/s1. The predicted molar refractivity (Wildman–Crippen MR) is 274 cm³/mol. The maximum Gasteiger partial charge on any atom is 0.245 e. The second-order valence-electron chi connectivity index (χ2n) is 17.6. The van der Waals surface area contributed by atoms with Gasteiger partial charge in [-0.1, -0.05) is 100 Å². The summed E-state index contributed by atoms with van der Waals surface area (Å²) in [7, 11) is 1.96. The molecule has 16 N–H and O–H groups in total. The first-order valence-electron chi connectivity index (χ1n) is 23.6. The normalized spacial score (nSPS) is 22.6. The number of carbonyl (C=O) groups is 8. The zero-order valence-corrected chi connectivity index (χ0v) is 41.6. The van der Waals surface area contributed by atoms with E-state index in [9.17, 15) is 48.6 Å². The molecule has 3 unspecified atom stereocenters. The summed E-state index contributed by atoms with van der Waals surface area (Å²) in [6.45, 7) is 2.70. The van der Waals surface area contributed by atoms with E-state index in [2.05, 4.69) is 42.2 Å². The van der Waals surface area contributed by atoms with Gasteiger partial charge in [0.1, 0.15) is 42.3 Å². The van der Waals surface area contributed by atoms with Crippen molar-refractivity contribution in [2.24, 2.45) is 17.2 Å². The Hall–Kier alpha value is -6.50. The van der Waals surface area contributed by atoms with Gasteiger partial charge < -0.3 is 69.6 Å². The largest absolute Gasteiger partial charge is 0.391 e. The topological polar surface area (TPSA) is 355 Å². The minimum absolute atomic E-state index is 0.0121. The Labute approximate surface area is 424 Å². The fourth-order valence-electron chi connectivity index (χ4n) is 7.81. The summed E-state index contributed by atoms with van der Waals surface area (Å²) in [5.74, 6) is -7.51. The van der Waals surface area contributed by atoms with Gasteiger partial charge in [0.2, 0.25) is 47.3 Å². The van der Waals surface area contributed by atoms with Crippen LogP contribution in [0.1, 0.15) is 49.8 Å². The number of aliphatic hydroxyl groups excluding tert-OH is 2. The number of hydrogen-bond donors (Lipinski definition) is 13. The molecular formula is C49H65N11O10S2. The van der Waals surface area contributed by atoms with Crippen LogP contribution in [0.5, 0.6) is 0 Å². The fraction of sp³-hybridized carbons (Fsp3) is 0.429. The Morgan fingerprint density at radius 3 is 1.93 bits per heavy atom. The van der Waals surface area contributed by atoms with Gasteiger partial charge in [0.15, 0.2) is 0 Å². The van der Waals surface area contributed by atoms with Crippen LogP contribution in [0.15, 0.2) is 91.1 Å². The van der Waals surface area contributed by atoms with Crippen LogP contribution >= 0.6 is 21.6 Å². The first-order chi connectivity index (χ1) is 34.4. The molecule has 1 aliphatic heterocycles. The lowest BCUT2D eigenvalue weighted by atomic mass is 10.0. The van der Waals surface area contributed by atoms with Crippen molar-refractivity contribution in [3.8, 4) is 0 Å². The van der Waals surface area contributed by atoms with Gasteiger partial charge in [-0.05, 0) is 68.8 Å². The molecular weight excluding hydrogens is 967 g/mol. The van der Waals surface area contributed by atoms with E-state index in [1.165, 1.54) is 13.8 Å². The number of amides is 8. The zero-order chi connectivity index (χ0) is 52.3. The molecule has 0 radical (unpaired) electrons. The second-order valence-corrected chi connectivity index (χ2v) is 20.1. The monoisotopic (exact) mass is 1030 g/mol. The summed E-state index contributed by atoms with van der Waals surface area (Å²) in [6, 6.07) is 13.7. The molecule has 1 aliphatic rings. The third-order valence-corrected chi connectivity index (χ3v) is 14.3. The summed E-state index contributed by atoms with van der Waals surface area (Å²) in [4.78, 5) is 115. The van der Waals surface area contributed by atoms with Crippen molar-refractivity contribution in [2.45, 2.75) is 113 Å².